The van der Waals surface area contributed by atoms with Gasteiger partial charge in [0.2, 0.25) is 0 Å². The largest absolute Gasteiger partial charge is 0.337 e. The second-order valence-corrected chi connectivity index (χ2v) is 11.1. The standard InChI is InChI=1S/C23H23N2OPS/c1-17-24-22(26)21(23(28)25-17)27(18-11-5-2-6-12-18,19-13-7-3-8-14-19)20-15-9-4-10-16-20/h2-17,21,23,25H,1H3,(H-,24,26,28)/p+1. The lowest BCUT2D eigenvalue weighted by atomic mass is 10.3. The summed E-state index contributed by atoms with van der Waals surface area (Å²) >= 11 is 4.87. The highest BCUT2D eigenvalue weighted by molar-refractivity contribution is 7.97. The van der Waals surface area contributed by atoms with Gasteiger partial charge in [0.1, 0.15) is 23.2 Å². The van der Waals surface area contributed by atoms with Crippen molar-refractivity contribution in [2.75, 3.05) is 0 Å². The maximum atomic E-state index is 13.4. The van der Waals surface area contributed by atoms with E-state index in [1.165, 1.54) is 15.9 Å². The van der Waals surface area contributed by atoms with E-state index in [0.29, 0.717) is 0 Å². The summed E-state index contributed by atoms with van der Waals surface area (Å²) in [4.78, 5) is 13.4. The number of nitrogens with one attached hydrogen (secondary N) is 2. The summed E-state index contributed by atoms with van der Waals surface area (Å²) < 4.78 is 0. The number of hydrogen-bond donors (Lipinski definition) is 3. The number of carbonyl (C=O) groups excluding carboxylic acids is 1. The van der Waals surface area contributed by atoms with Gasteiger partial charge in [-0.2, -0.15) is 12.6 Å². The first-order valence-corrected chi connectivity index (χ1v) is 11.8. The van der Waals surface area contributed by atoms with E-state index in [-0.39, 0.29) is 23.1 Å². The van der Waals surface area contributed by atoms with Crippen LogP contribution in [0.2, 0.25) is 0 Å². The van der Waals surface area contributed by atoms with Crippen LogP contribution in [-0.4, -0.2) is 23.1 Å². The van der Waals surface area contributed by atoms with E-state index >= 15 is 0 Å². The van der Waals surface area contributed by atoms with Crippen molar-refractivity contribution < 1.29 is 4.79 Å². The Bertz CT molecular complexity index is 840. The molecular formula is C23H24N2OPS+. The van der Waals surface area contributed by atoms with Crippen LogP contribution in [0.3, 0.4) is 0 Å². The Kier molecular flexibility index (Phi) is 5.54. The highest BCUT2D eigenvalue weighted by atomic mass is 32.1. The van der Waals surface area contributed by atoms with Gasteiger partial charge >= 0.3 is 0 Å². The van der Waals surface area contributed by atoms with Crippen molar-refractivity contribution in [1.82, 2.24) is 10.6 Å². The van der Waals surface area contributed by atoms with Gasteiger partial charge in [-0.15, -0.1) is 0 Å². The minimum absolute atomic E-state index is 0.0520. The predicted octanol–water partition coefficient (Wildman–Crippen LogP) is 2.67. The average molecular weight is 407 g/mol. The quantitative estimate of drug-likeness (QED) is 0.460. The molecule has 3 aromatic carbocycles. The SMILES string of the molecule is CC1NC(=O)C([P+](c2ccccc2)(c2ccccc2)c2ccccc2)C(S)N1. The van der Waals surface area contributed by atoms with Crippen LogP contribution in [0.1, 0.15) is 6.92 Å². The molecule has 3 atom stereocenters. The first-order valence-electron chi connectivity index (χ1n) is 9.44. The fourth-order valence-corrected chi connectivity index (χ4v) is 9.82. The summed E-state index contributed by atoms with van der Waals surface area (Å²) in [7, 11) is -2.32. The number of rotatable bonds is 4. The first-order chi connectivity index (χ1) is 13.6. The topological polar surface area (TPSA) is 41.1 Å². The van der Waals surface area contributed by atoms with Crippen molar-refractivity contribution in [1.29, 1.82) is 0 Å². The van der Waals surface area contributed by atoms with Crippen LogP contribution < -0.4 is 26.5 Å². The molecular weight excluding hydrogens is 383 g/mol. The molecule has 1 amide bonds. The zero-order chi connectivity index (χ0) is 19.6. The highest BCUT2D eigenvalue weighted by Gasteiger charge is 2.59. The van der Waals surface area contributed by atoms with Crippen LogP contribution >= 0.6 is 19.9 Å². The third-order valence-electron chi connectivity index (χ3n) is 5.25. The molecule has 2 N–H and O–H groups in total. The second kappa shape index (κ2) is 8.08. The molecule has 0 saturated carbocycles. The number of amides is 1. The molecule has 28 heavy (non-hydrogen) atoms. The van der Waals surface area contributed by atoms with Crippen molar-refractivity contribution in [3.63, 3.8) is 0 Å². The zero-order valence-electron chi connectivity index (χ0n) is 15.7. The molecule has 1 saturated heterocycles. The van der Waals surface area contributed by atoms with Gasteiger partial charge in [0.05, 0.1) is 11.5 Å². The molecule has 0 aromatic heterocycles. The van der Waals surface area contributed by atoms with E-state index in [1.807, 2.05) is 25.1 Å². The van der Waals surface area contributed by atoms with Gasteiger partial charge in [0, 0.05) is 0 Å². The molecule has 0 spiro atoms. The molecule has 1 heterocycles. The molecule has 3 nitrogen and oxygen atoms in total. The fourth-order valence-electron chi connectivity index (χ4n) is 4.14. The third kappa shape index (κ3) is 3.26. The van der Waals surface area contributed by atoms with Gasteiger partial charge < -0.3 is 5.32 Å². The van der Waals surface area contributed by atoms with Crippen LogP contribution in [-0.2, 0) is 4.79 Å². The molecule has 1 aliphatic heterocycles. The van der Waals surface area contributed by atoms with Crippen molar-refractivity contribution in [2.24, 2.45) is 0 Å². The lowest BCUT2D eigenvalue weighted by Crippen LogP contribution is -2.64. The molecule has 1 fully saturated rings. The first kappa shape index (κ1) is 19.2. The lowest BCUT2D eigenvalue weighted by molar-refractivity contribution is -0.123. The fraction of sp³-hybridized carbons (Fsp3) is 0.174. The molecule has 5 heteroatoms. The molecule has 1 aliphatic rings. The van der Waals surface area contributed by atoms with Gasteiger partial charge in [-0.05, 0) is 43.3 Å². The molecule has 4 rings (SSSR count). The minimum atomic E-state index is -2.32. The highest BCUT2D eigenvalue weighted by Crippen LogP contribution is 2.61. The summed E-state index contributed by atoms with van der Waals surface area (Å²) in [5, 5.41) is 9.84. The Morgan fingerprint density at radius 2 is 1.14 bits per heavy atom. The molecule has 0 radical (unpaired) electrons. The summed E-state index contributed by atoms with van der Waals surface area (Å²) in [6.07, 6.45) is -0.101. The minimum Gasteiger partial charge on any atom is -0.337 e. The predicted molar refractivity (Wildman–Crippen MR) is 122 cm³/mol. The molecule has 3 aromatic rings. The molecule has 0 aliphatic carbocycles. The van der Waals surface area contributed by atoms with Crippen molar-refractivity contribution in [2.45, 2.75) is 24.1 Å². The van der Waals surface area contributed by atoms with E-state index in [0.717, 1.165) is 0 Å². The summed E-state index contributed by atoms with van der Waals surface area (Å²) in [6.45, 7) is 1.95. The van der Waals surface area contributed by atoms with E-state index in [4.69, 9.17) is 12.6 Å². The normalized spacial score (nSPS) is 22.5. The third-order valence-corrected chi connectivity index (χ3v) is 10.6. The monoisotopic (exact) mass is 407 g/mol. The molecule has 0 bridgehead atoms. The number of thiol groups is 1. The van der Waals surface area contributed by atoms with Crippen LogP contribution in [0.4, 0.5) is 0 Å². The number of benzene rings is 3. The Balaban J connectivity index is 2.06. The van der Waals surface area contributed by atoms with E-state index in [9.17, 15) is 4.79 Å². The van der Waals surface area contributed by atoms with Crippen LogP contribution in [0.5, 0.6) is 0 Å². The Hall–Kier alpha value is -2.13. The Labute approximate surface area is 172 Å². The van der Waals surface area contributed by atoms with Gasteiger partial charge in [-0.1, -0.05) is 54.6 Å². The molecule has 3 unspecified atom stereocenters. The zero-order valence-corrected chi connectivity index (χ0v) is 17.5. The maximum Gasteiger partial charge on any atom is 0.265 e. The van der Waals surface area contributed by atoms with Gasteiger partial charge in [0.25, 0.3) is 5.91 Å². The maximum absolute atomic E-state index is 13.4. The van der Waals surface area contributed by atoms with E-state index in [2.05, 4.69) is 83.4 Å². The summed E-state index contributed by atoms with van der Waals surface area (Å²) in [5.74, 6) is 0.0520. The van der Waals surface area contributed by atoms with Crippen molar-refractivity contribution in [3.05, 3.63) is 91.0 Å². The van der Waals surface area contributed by atoms with Crippen LogP contribution in [0.25, 0.3) is 0 Å². The summed E-state index contributed by atoms with van der Waals surface area (Å²) in [6, 6.07) is 31.3. The van der Waals surface area contributed by atoms with Crippen LogP contribution in [0, 0.1) is 0 Å². The summed E-state index contributed by atoms with van der Waals surface area (Å²) in [5.41, 5.74) is -0.320. The smallest absolute Gasteiger partial charge is 0.265 e. The Morgan fingerprint density at radius 1 is 0.750 bits per heavy atom. The average Bonchev–Trinajstić information content (AvgIpc) is 2.72. The van der Waals surface area contributed by atoms with Crippen molar-refractivity contribution >= 4 is 41.7 Å². The van der Waals surface area contributed by atoms with Gasteiger partial charge in [-0.3, -0.25) is 10.1 Å². The van der Waals surface area contributed by atoms with Crippen LogP contribution in [0.15, 0.2) is 91.0 Å². The van der Waals surface area contributed by atoms with Gasteiger partial charge in [-0.25, -0.2) is 0 Å². The van der Waals surface area contributed by atoms with Gasteiger partial charge in [0.15, 0.2) is 5.66 Å². The number of hydrogen-bond acceptors (Lipinski definition) is 3. The lowest BCUT2D eigenvalue weighted by Gasteiger charge is -2.40. The number of carbonyl (C=O) groups is 1. The molecule has 142 valence electrons. The second-order valence-electron chi connectivity index (χ2n) is 7.02. The van der Waals surface area contributed by atoms with E-state index < -0.39 is 7.26 Å². The Morgan fingerprint density at radius 3 is 1.50 bits per heavy atom. The van der Waals surface area contributed by atoms with E-state index in [1.54, 1.807) is 0 Å². The van der Waals surface area contributed by atoms with Crippen molar-refractivity contribution in [3.8, 4) is 0 Å².